The zero-order valence-electron chi connectivity index (χ0n) is 19.3. The van der Waals surface area contributed by atoms with Crippen molar-refractivity contribution in [1.29, 1.82) is 0 Å². The number of carbonyl (C=O) groups excluding carboxylic acids is 1. The number of nitrogen functional groups attached to an aromatic ring is 1. The molecule has 3 heterocycles. The van der Waals surface area contributed by atoms with E-state index < -0.39 is 5.91 Å². The Balaban J connectivity index is 1.61. The number of hydrogen-bond donors (Lipinski definition) is 2. The Morgan fingerprint density at radius 2 is 1.94 bits per heavy atom. The maximum atomic E-state index is 13.3. The predicted molar refractivity (Wildman–Crippen MR) is 122 cm³/mol. The van der Waals surface area contributed by atoms with Crippen LogP contribution in [0.5, 0.6) is 11.5 Å². The summed E-state index contributed by atoms with van der Waals surface area (Å²) >= 11 is 0. The van der Waals surface area contributed by atoms with Crippen molar-refractivity contribution < 1.29 is 18.9 Å². The van der Waals surface area contributed by atoms with Gasteiger partial charge in [-0.2, -0.15) is 9.78 Å². The van der Waals surface area contributed by atoms with Crippen molar-refractivity contribution >= 4 is 17.4 Å². The number of hydrazone groups is 1. The Morgan fingerprint density at radius 3 is 2.62 bits per heavy atom. The summed E-state index contributed by atoms with van der Waals surface area (Å²) in [5, 5.41) is 19.9. The van der Waals surface area contributed by atoms with Crippen LogP contribution >= 0.6 is 0 Å². The van der Waals surface area contributed by atoms with Crippen molar-refractivity contribution in [3.8, 4) is 17.3 Å². The van der Waals surface area contributed by atoms with Crippen LogP contribution < -0.4 is 20.6 Å². The van der Waals surface area contributed by atoms with Crippen molar-refractivity contribution in [2.45, 2.75) is 32.7 Å². The van der Waals surface area contributed by atoms with Crippen molar-refractivity contribution in [2.24, 2.45) is 5.10 Å². The minimum atomic E-state index is -0.515. The second-order valence-electron chi connectivity index (χ2n) is 7.81. The van der Waals surface area contributed by atoms with Gasteiger partial charge in [0.1, 0.15) is 5.69 Å². The van der Waals surface area contributed by atoms with Crippen LogP contribution in [0.3, 0.4) is 0 Å². The molecular weight excluding hydrogens is 442 g/mol. The Hall–Kier alpha value is -4.00. The molecule has 13 nitrogen and oxygen atoms in total. The molecule has 0 aliphatic carbocycles. The second-order valence-corrected chi connectivity index (χ2v) is 7.81. The fraction of sp³-hybridized carbons (Fsp3) is 0.429. The molecule has 0 atom stereocenters. The third-order valence-corrected chi connectivity index (χ3v) is 5.60. The van der Waals surface area contributed by atoms with Gasteiger partial charge in [-0.1, -0.05) is 11.6 Å². The summed E-state index contributed by atoms with van der Waals surface area (Å²) in [6.45, 7) is 4.09. The van der Waals surface area contributed by atoms with Crippen molar-refractivity contribution in [3.05, 3.63) is 35.2 Å². The molecule has 13 heteroatoms. The third kappa shape index (κ3) is 4.83. The molecule has 1 aliphatic rings. The number of likely N-dealkylation sites (tertiary alicyclic amines) is 1. The van der Waals surface area contributed by atoms with Gasteiger partial charge in [-0.25, -0.2) is 10.1 Å². The van der Waals surface area contributed by atoms with Crippen molar-refractivity contribution in [1.82, 2.24) is 35.6 Å². The summed E-state index contributed by atoms with van der Waals surface area (Å²) in [6.07, 6.45) is 3.40. The summed E-state index contributed by atoms with van der Waals surface area (Å²) in [5.41, 5.74) is 10.4. The summed E-state index contributed by atoms with van der Waals surface area (Å²) in [5.74, 6) is 0.719. The maximum Gasteiger partial charge on any atom is 0.292 e. The molecule has 0 unspecified atom stereocenters. The normalized spacial score (nSPS) is 14.7. The van der Waals surface area contributed by atoms with Crippen molar-refractivity contribution in [2.75, 3.05) is 33.0 Å². The van der Waals surface area contributed by atoms with Gasteiger partial charge in [0.15, 0.2) is 17.2 Å². The smallest absolute Gasteiger partial charge is 0.292 e. The van der Waals surface area contributed by atoms with E-state index in [1.54, 1.807) is 33.3 Å². The molecule has 0 saturated carbocycles. The van der Waals surface area contributed by atoms with E-state index in [1.807, 2.05) is 6.07 Å². The summed E-state index contributed by atoms with van der Waals surface area (Å²) < 4.78 is 16.5. The molecule has 1 amide bonds. The molecule has 34 heavy (non-hydrogen) atoms. The van der Waals surface area contributed by atoms with Crippen LogP contribution in [0, 0.1) is 0 Å². The lowest BCUT2D eigenvalue weighted by molar-refractivity contribution is 0.0944. The van der Waals surface area contributed by atoms with E-state index in [0.717, 1.165) is 31.5 Å². The number of amides is 1. The van der Waals surface area contributed by atoms with Crippen LogP contribution in [-0.4, -0.2) is 69.1 Å². The van der Waals surface area contributed by atoms with Gasteiger partial charge in [-0.15, -0.1) is 5.10 Å². The fourth-order valence-electron chi connectivity index (χ4n) is 3.78. The van der Waals surface area contributed by atoms with Gasteiger partial charge >= 0.3 is 0 Å². The highest BCUT2D eigenvalue weighted by Crippen LogP contribution is 2.27. The number of rotatable bonds is 8. The van der Waals surface area contributed by atoms with Gasteiger partial charge < -0.3 is 15.2 Å². The standard InChI is InChI=1S/C21H27N9O4/c1-13(14-7-8-16(32-2)17(11-14)33-3)23-25-21(31)18-15(12-29-9-5-4-6-10-29)24-28-30(18)20-19(22)26-34-27-20/h7-8,11H,4-6,9-10,12H2,1-3H3,(H2,22,26)(H,25,31)/b23-13+. The molecule has 1 aliphatic heterocycles. The minimum Gasteiger partial charge on any atom is -0.493 e. The molecule has 1 saturated heterocycles. The number of nitrogens with one attached hydrogen (secondary N) is 1. The first-order valence-corrected chi connectivity index (χ1v) is 10.8. The number of hydrogen-bond acceptors (Lipinski definition) is 11. The van der Waals surface area contributed by atoms with E-state index in [2.05, 4.69) is 40.7 Å². The number of ether oxygens (including phenoxy) is 2. The Bertz CT molecular complexity index is 1180. The van der Waals surface area contributed by atoms with Crippen LogP contribution in [0.2, 0.25) is 0 Å². The van der Waals surface area contributed by atoms with Gasteiger partial charge in [0.25, 0.3) is 5.91 Å². The predicted octanol–water partition coefficient (Wildman–Crippen LogP) is 1.39. The Morgan fingerprint density at radius 1 is 1.18 bits per heavy atom. The summed E-state index contributed by atoms with van der Waals surface area (Å²) in [4.78, 5) is 15.5. The number of nitrogens with zero attached hydrogens (tertiary/aromatic N) is 7. The average Bonchev–Trinajstić information content (AvgIpc) is 3.48. The zero-order valence-corrected chi connectivity index (χ0v) is 19.3. The third-order valence-electron chi connectivity index (χ3n) is 5.60. The number of carbonyl (C=O) groups is 1. The van der Waals surface area contributed by atoms with E-state index in [4.69, 9.17) is 15.2 Å². The van der Waals surface area contributed by atoms with E-state index in [-0.39, 0.29) is 17.3 Å². The molecule has 2 aromatic heterocycles. The van der Waals surface area contributed by atoms with E-state index in [0.29, 0.717) is 29.4 Å². The quantitative estimate of drug-likeness (QED) is 0.364. The van der Waals surface area contributed by atoms with Crippen LogP contribution in [-0.2, 0) is 6.54 Å². The summed E-state index contributed by atoms with van der Waals surface area (Å²) in [7, 11) is 3.12. The first kappa shape index (κ1) is 23.2. The first-order valence-electron chi connectivity index (χ1n) is 10.8. The molecule has 1 fully saturated rings. The van der Waals surface area contributed by atoms with Crippen LogP contribution in [0.15, 0.2) is 27.9 Å². The summed E-state index contributed by atoms with van der Waals surface area (Å²) in [6, 6.07) is 5.37. The lowest BCUT2D eigenvalue weighted by Gasteiger charge is -2.25. The number of methoxy groups -OCH3 is 2. The van der Waals surface area contributed by atoms with Gasteiger partial charge in [0, 0.05) is 12.1 Å². The van der Waals surface area contributed by atoms with Gasteiger partial charge in [0.05, 0.1) is 19.9 Å². The molecular formula is C21H27N9O4. The largest absolute Gasteiger partial charge is 0.493 e. The second kappa shape index (κ2) is 10.3. The van der Waals surface area contributed by atoms with E-state index in [9.17, 15) is 4.79 Å². The van der Waals surface area contributed by atoms with E-state index >= 15 is 0 Å². The van der Waals surface area contributed by atoms with E-state index in [1.165, 1.54) is 11.1 Å². The topological polar surface area (TPSA) is 159 Å². The highest BCUT2D eigenvalue weighted by Gasteiger charge is 2.26. The number of anilines is 1. The zero-order chi connectivity index (χ0) is 24.1. The lowest BCUT2D eigenvalue weighted by Crippen LogP contribution is -2.31. The number of benzene rings is 1. The molecule has 0 bridgehead atoms. The molecule has 1 aromatic carbocycles. The molecule has 4 rings (SSSR count). The Kier molecular flexibility index (Phi) is 7.01. The van der Waals surface area contributed by atoms with Gasteiger partial charge in [-0.05, 0) is 61.4 Å². The molecule has 0 spiro atoms. The Labute approximate surface area is 195 Å². The van der Waals surface area contributed by atoms with Crippen LogP contribution in [0.1, 0.15) is 47.9 Å². The van der Waals surface area contributed by atoms with Crippen LogP contribution in [0.4, 0.5) is 5.82 Å². The molecule has 180 valence electrons. The highest BCUT2D eigenvalue weighted by atomic mass is 16.6. The van der Waals surface area contributed by atoms with Gasteiger partial charge in [0.2, 0.25) is 11.6 Å². The fourth-order valence-corrected chi connectivity index (χ4v) is 3.78. The molecule has 3 aromatic rings. The highest BCUT2D eigenvalue weighted by molar-refractivity contribution is 6.01. The lowest BCUT2D eigenvalue weighted by atomic mass is 10.1. The SMILES string of the molecule is COc1ccc(/C(C)=N/NC(=O)c2c(CN3CCCCC3)nnn2-c2nonc2N)cc1OC. The minimum absolute atomic E-state index is 0.00603. The van der Waals surface area contributed by atoms with Crippen LogP contribution in [0.25, 0.3) is 5.82 Å². The van der Waals surface area contributed by atoms with Gasteiger partial charge in [-0.3, -0.25) is 9.69 Å². The maximum absolute atomic E-state index is 13.3. The average molecular weight is 470 g/mol. The first-order chi connectivity index (χ1) is 16.5. The van der Waals surface area contributed by atoms with Crippen molar-refractivity contribution in [3.63, 3.8) is 0 Å². The number of piperidine rings is 1. The number of nitrogens with two attached hydrogens (primary N) is 1. The number of aromatic nitrogens is 5. The monoisotopic (exact) mass is 469 g/mol. The molecule has 0 radical (unpaired) electrons. The molecule has 3 N–H and O–H groups in total.